The van der Waals surface area contributed by atoms with Crippen molar-refractivity contribution in [2.24, 2.45) is 0 Å². The van der Waals surface area contributed by atoms with Crippen molar-refractivity contribution in [3.05, 3.63) is 71.5 Å². The molecule has 3 aromatic rings. The zero-order valence-corrected chi connectivity index (χ0v) is 14.7. The first-order valence-corrected chi connectivity index (χ1v) is 8.89. The molecular formula is C21H18N4O2. The Labute approximate surface area is 157 Å². The van der Waals surface area contributed by atoms with Gasteiger partial charge in [0.1, 0.15) is 0 Å². The van der Waals surface area contributed by atoms with Gasteiger partial charge in [0.05, 0.1) is 11.6 Å². The van der Waals surface area contributed by atoms with E-state index >= 15 is 0 Å². The molecule has 1 fully saturated rings. The number of carbonyl (C=O) groups is 1. The second-order valence-electron chi connectivity index (χ2n) is 6.62. The molecule has 0 spiro atoms. The summed E-state index contributed by atoms with van der Waals surface area (Å²) in [6.07, 6.45) is 1.24. The summed E-state index contributed by atoms with van der Waals surface area (Å²) in [4.78, 5) is 18.7. The lowest BCUT2D eigenvalue weighted by Crippen LogP contribution is -2.27. The highest BCUT2D eigenvalue weighted by atomic mass is 16.5. The van der Waals surface area contributed by atoms with Crippen LogP contribution in [0, 0.1) is 11.3 Å². The first-order chi connectivity index (χ1) is 13.2. The van der Waals surface area contributed by atoms with Crippen LogP contribution in [0.3, 0.4) is 0 Å². The highest BCUT2D eigenvalue weighted by Crippen LogP contribution is 2.28. The maximum Gasteiger partial charge on any atom is 0.257 e. The fourth-order valence-corrected chi connectivity index (χ4v) is 3.28. The second-order valence-corrected chi connectivity index (χ2v) is 6.62. The molecule has 0 N–H and O–H groups in total. The van der Waals surface area contributed by atoms with Gasteiger partial charge in [0.15, 0.2) is 5.82 Å². The summed E-state index contributed by atoms with van der Waals surface area (Å²) in [5.41, 5.74) is 2.56. The predicted octanol–water partition coefficient (Wildman–Crippen LogP) is 3.17. The highest BCUT2D eigenvalue weighted by molar-refractivity contribution is 5.79. The molecule has 0 saturated carbocycles. The molecule has 134 valence electrons. The zero-order chi connectivity index (χ0) is 18.6. The maximum atomic E-state index is 12.3. The van der Waals surface area contributed by atoms with Crippen LogP contribution in [0.15, 0.2) is 59.1 Å². The van der Waals surface area contributed by atoms with Crippen LogP contribution in [-0.2, 0) is 11.2 Å². The Balaban J connectivity index is 1.41. The summed E-state index contributed by atoms with van der Waals surface area (Å²) in [5.74, 6) is 1.04. The lowest BCUT2D eigenvalue weighted by molar-refractivity contribution is -0.127. The van der Waals surface area contributed by atoms with Crippen molar-refractivity contribution in [2.45, 2.75) is 18.8 Å². The Kier molecular flexibility index (Phi) is 4.67. The van der Waals surface area contributed by atoms with Gasteiger partial charge in [0.25, 0.3) is 5.89 Å². The molecule has 2 heterocycles. The molecule has 6 nitrogen and oxygen atoms in total. The lowest BCUT2D eigenvalue weighted by atomic mass is 10.1. The monoisotopic (exact) mass is 358 g/mol. The van der Waals surface area contributed by atoms with E-state index < -0.39 is 0 Å². The number of nitrogens with zero attached hydrogens (tertiary/aromatic N) is 4. The minimum absolute atomic E-state index is 0.0517. The topological polar surface area (TPSA) is 83.0 Å². The minimum Gasteiger partial charge on any atom is -0.342 e. The molecule has 1 amide bonds. The molecule has 0 aliphatic carbocycles. The fraction of sp³-hybridized carbons (Fsp3) is 0.238. The molecule has 1 aromatic heterocycles. The Hall–Kier alpha value is -3.46. The van der Waals surface area contributed by atoms with Gasteiger partial charge in [-0.1, -0.05) is 35.5 Å². The van der Waals surface area contributed by atoms with Crippen LogP contribution >= 0.6 is 0 Å². The van der Waals surface area contributed by atoms with Crippen molar-refractivity contribution in [3.8, 4) is 17.5 Å². The number of likely N-dealkylation sites (tertiary alicyclic amines) is 1. The summed E-state index contributed by atoms with van der Waals surface area (Å²) >= 11 is 0. The molecular weight excluding hydrogens is 340 g/mol. The summed E-state index contributed by atoms with van der Waals surface area (Å²) in [6.45, 7) is 1.30. The number of benzene rings is 2. The van der Waals surface area contributed by atoms with Gasteiger partial charge in [0, 0.05) is 31.0 Å². The smallest absolute Gasteiger partial charge is 0.257 e. The van der Waals surface area contributed by atoms with Gasteiger partial charge in [-0.15, -0.1) is 0 Å². The lowest BCUT2D eigenvalue weighted by Gasteiger charge is -2.15. The van der Waals surface area contributed by atoms with Crippen molar-refractivity contribution in [1.29, 1.82) is 5.26 Å². The summed E-state index contributed by atoms with van der Waals surface area (Å²) in [5, 5.41) is 12.9. The summed E-state index contributed by atoms with van der Waals surface area (Å²) in [6, 6.07) is 19.2. The molecule has 1 unspecified atom stereocenters. The number of hydrogen-bond donors (Lipinski definition) is 0. The van der Waals surface area contributed by atoms with E-state index in [1.807, 2.05) is 23.1 Å². The van der Waals surface area contributed by atoms with Crippen molar-refractivity contribution in [3.63, 3.8) is 0 Å². The minimum atomic E-state index is -0.0517. The molecule has 0 radical (unpaired) electrons. The van der Waals surface area contributed by atoms with E-state index in [0.29, 0.717) is 36.8 Å². The van der Waals surface area contributed by atoms with E-state index in [4.69, 9.17) is 9.78 Å². The third-order valence-corrected chi connectivity index (χ3v) is 4.80. The van der Waals surface area contributed by atoms with Gasteiger partial charge < -0.3 is 9.42 Å². The van der Waals surface area contributed by atoms with E-state index in [9.17, 15) is 4.79 Å². The fourth-order valence-electron chi connectivity index (χ4n) is 3.28. The van der Waals surface area contributed by atoms with Crippen LogP contribution in [0.25, 0.3) is 11.5 Å². The van der Waals surface area contributed by atoms with Crippen molar-refractivity contribution in [1.82, 2.24) is 15.0 Å². The number of amides is 1. The second kappa shape index (κ2) is 7.42. The van der Waals surface area contributed by atoms with E-state index in [1.165, 1.54) is 5.56 Å². The Morgan fingerprint density at radius 2 is 1.93 bits per heavy atom. The van der Waals surface area contributed by atoms with Crippen molar-refractivity contribution >= 4 is 5.91 Å². The molecule has 1 atom stereocenters. The number of carbonyl (C=O) groups excluding carboxylic acids is 1. The maximum absolute atomic E-state index is 12.3. The zero-order valence-electron chi connectivity index (χ0n) is 14.7. The average molecular weight is 358 g/mol. The quantitative estimate of drug-likeness (QED) is 0.699. The van der Waals surface area contributed by atoms with Crippen LogP contribution in [0.2, 0.25) is 0 Å². The predicted molar refractivity (Wildman–Crippen MR) is 98.5 cm³/mol. The first-order valence-electron chi connectivity index (χ1n) is 8.89. The summed E-state index contributed by atoms with van der Waals surface area (Å²) < 4.78 is 5.36. The summed E-state index contributed by atoms with van der Waals surface area (Å²) in [7, 11) is 0. The van der Waals surface area contributed by atoms with Crippen LogP contribution in [-0.4, -0.2) is 34.0 Å². The average Bonchev–Trinajstić information content (AvgIpc) is 3.34. The van der Waals surface area contributed by atoms with Crippen LogP contribution < -0.4 is 0 Å². The number of hydrogen-bond acceptors (Lipinski definition) is 5. The Morgan fingerprint density at radius 3 is 2.67 bits per heavy atom. The first kappa shape index (κ1) is 17.0. The normalized spacial score (nSPS) is 16.5. The van der Waals surface area contributed by atoms with Gasteiger partial charge in [0.2, 0.25) is 5.91 Å². The third kappa shape index (κ3) is 3.72. The van der Waals surface area contributed by atoms with Crippen LogP contribution in [0.1, 0.15) is 29.3 Å². The van der Waals surface area contributed by atoms with Crippen molar-refractivity contribution < 1.29 is 9.32 Å². The molecule has 1 saturated heterocycles. The van der Waals surface area contributed by atoms with Crippen molar-refractivity contribution in [2.75, 3.05) is 13.1 Å². The highest BCUT2D eigenvalue weighted by Gasteiger charge is 2.33. The SMILES string of the molecule is N#Cc1ccc(-c2nc(C3CC(=O)N(CCc4ccccc4)C3)no2)cc1. The van der Waals surface area contributed by atoms with Gasteiger partial charge in [-0.05, 0) is 36.2 Å². The van der Waals surface area contributed by atoms with Crippen LogP contribution in [0.5, 0.6) is 0 Å². The molecule has 2 aromatic carbocycles. The third-order valence-electron chi connectivity index (χ3n) is 4.80. The largest absolute Gasteiger partial charge is 0.342 e. The molecule has 27 heavy (non-hydrogen) atoms. The van der Waals surface area contributed by atoms with Gasteiger partial charge >= 0.3 is 0 Å². The van der Waals surface area contributed by atoms with Gasteiger partial charge in [-0.2, -0.15) is 10.2 Å². The molecule has 4 rings (SSSR count). The Morgan fingerprint density at radius 1 is 1.15 bits per heavy atom. The molecule has 1 aliphatic heterocycles. The molecule has 1 aliphatic rings. The van der Waals surface area contributed by atoms with E-state index in [-0.39, 0.29) is 11.8 Å². The Bertz CT molecular complexity index is 973. The van der Waals surface area contributed by atoms with E-state index in [0.717, 1.165) is 12.0 Å². The van der Waals surface area contributed by atoms with E-state index in [2.05, 4.69) is 28.3 Å². The van der Waals surface area contributed by atoms with Gasteiger partial charge in [-0.3, -0.25) is 4.79 Å². The number of aromatic nitrogens is 2. The molecule has 6 heteroatoms. The van der Waals surface area contributed by atoms with Crippen LogP contribution in [0.4, 0.5) is 0 Å². The standard InChI is InChI=1S/C21H18N4O2/c22-13-16-6-8-17(9-7-16)21-23-20(24-27-21)18-12-19(26)25(14-18)11-10-15-4-2-1-3-5-15/h1-9,18H,10-12,14H2. The number of rotatable bonds is 5. The number of nitriles is 1. The van der Waals surface area contributed by atoms with Gasteiger partial charge in [-0.25, -0.2) is 0 Å². The van der Waals surface area contributed by atoms with E-state index in [1.54, 1.807) is 24.3 Å². The molecule has 0 bridgehead atoms.